The number of nitrogens with zero attached hydrogens (tertiary/aromatic N) is 2. The lowest BCUT2D eigenvalue weighted by Crippen LogP contribution is -2.51. The summed E-state index contributed by atoms with van der Waals surface area (Å²) >= 11 is 0. The molecular weight excluding hydrogens is 363 g/mol. The van der Waals surface area contributed by atoms with Crippen LogP contribution in [0, 0.1) is 16.4 Å². The molecule has 0 saturated carbocycles. The Hall–Kier alpha value is -2.96. The van der Waals surface area contributed by atoms with Gasteiger partial charge in [-0.25, -0.2) is 4.39 Å². The van der Waals surface area contributed by atoms with E-state index in [0.29, 0.717) is 35.2 Å². The molecule has 0 aliphatic carbocycles. The van der Waals surface area contributed by atoms with E-state index in [1.54, 1.807) is 30.0 Å². The molecule has 1 unspecified atom stereocenters. The Morgan fingerprint density at radius 2 is 1.96 bits per heavy atom. The quantitative estimate of drug-likeness (QED) is 0.450. The van der Waals surface area contributed by atoms with Crippen LogP contribution in [0.5, 0.6) is 0 Å². The van der Waals surface area contributed by atoms with Crippen molar-refractivity contribution in [3.05, 3.63) is 70.9 Å². The van der Waals surface area contributed by atoms with E-state index in [1.165, 1.54) is 30.6 Å². The molecule has 1 amide bonds. The molecule has 1 fully saturated rings. The van der Waals surface area contributed by atoms with Gasteiger partial charge in [-0.15, -0.1) is 0 Å². The van der Waals surface area contributed by atoms with E-state index in [1.807, 2.05) is 0 Å². The van der Waals surface area contributed by atoms with Crippen LogP contribution in [0.4, 0.5) is 4.39 Å². The van der Waals surface area contributed by atoms with E-state index in [-0.39, 0.29) is 31.3 Å². The van der Waals surface area contributed by atoms with Gasteiger partial charge in [0.15, 0.2) is 12.4 Å². The number of likely N-dealkylation sites (tertiary alicyclic amines) is 1. The van der Waals surface area contributed by atoms with Gasteiger partial charge < -0.3 is 14.8 Å². The van der Waals surface area contributed by atoms with Gasteiger partial charge >= 0.3 is 5.97 Å². The summed E-state index contributed by atoms with van der Waals surface area (Å²) in [5.74, 6) is -1.05. The van der Waals surface area contributed by atoms with Gasteiger partial charge in [0.25, 0.3) is 5.91 Å². The number of hydrogen-bond donors (Lipinski definition) is 0. The highest BCUT2D eigenvalue weighted by Gasteiger charge is 2.45. The van der Waals surface area contributed by atoms with Crippen molar-refractivity contribution >= 4 is 11.9 Å². The van der Waals surface area contributed by atoms with E-state index >= 15 is 0 Å². The Morgan fingerprint density at radius 1 is 1.25 bits per heavy atom. The molecule has 1 aliphatic heterocycles. The summed E-state index contributed by atoms with van der Waals surface area (Å²) in [5, 5.41) is 11.2. The lowest BCUT2D eigenvalue weighted by atomic mass is 9.74. The normalized spacial score (nSPS) is 19.3. The molecule has 6 nitrogen and oxygen atoms in total. The zero-order valence-electron chi connectivity index (χ0n) is 15.8. The van der Waals surface area contributed by atoms with Crippen molar-refractivity contribution in [2.24, 2.45) is 5.41 Å². The van der Waals surface area contributed by atoms with E-state index in [9.17, 15) is 19.2 Å². The van der Waals surface area contributed by atoms with Gasteiger partial charge in [-0.3, -0.25) is 9.59 Å². The van der Waals surface area contributed by atoms with Crippen molar-refractivity contribution in [1.29, 1.82) is 0 Å². The number of amides is 1. The van der Waals surface area contributed by atoms with Crippen LogP contribution in [-0.2, 0) is 16.0 Å². The molecule has 1 atom stereocenters. The number of ether oxygens (including phenoxy) is 1. The summed E-state index contributed by atoms with van der Waals surface area (Å²) < 4.78 is 20.2. The first-order valence-corrected chi connectivity index (χ1v) is 9.34. The highest BCUT2D eigenvalue weighted by molar-refractivity contribution is 5.94. The second kappa shape index (κ2) is 8.37. The van der Waals surface area contributed by atoms with E-state index in [0.717, 1.165) is 0 Å². The molecule has 1 aromatic heterocycles. The summed E-state index contributed by atoms with van der Waals surface area (Å²) in [6.07, 6.45) is 3.80. The number of carbonyl (C=O) groups is 2. The van der Waals surface area contributed by atoms with Gasteiger partial charge in [-0.05, 0) is 37.8 Å². The average Bonchev–Trinajstić information content (AvgIpc) is 2.70. The second-order valence-corrected chi connectivity index (χ2v) is 7.05. The predicted octanol–water partition coefficient (Wildman–Crippen LogP) is 2.49. The van der Waals surface area contributed by atoms with Gasteiger partial charge in [-0.1, -0.05) is 18.2 Å². The minimum absolute atomic E-state index is 0.144. The Morgan fingerprint density at radius 3 is 2.64 bits per heavy atom. The molecule has 1 aromatic carbocycles. The van der Waals surface area contributed by atoms with Crippen molar-refractivity contribution in [3.8, 4) is 0 Å². The van der Waals surface area contributed by atoms with Crippen LogP contribution in [-0.4, -0.2) is 36.5 Å². The number of hydrogen-bond acceptors (Lipinski definition) is 4. The van der Waals surface area contributed by atoms with Crippen LogP contribution in [0.1, 0.15) is 35.7 Å². The van der Waals surface area contributed by atoms with Crippen molar-refractivity contribution < 1.29 is 23.4 Å². The minimum atomic E-state index is -1.00. The molecule has 0 N–H and O–H groups in total. The number of piperidine rings is 1. The molecule has 2 heterocycles. The number of carbonyl (C=O) groups excluding carboxylic acids is 2. The van der Waals surface area contributed by atoms with Crippen LogP contribution in [0.2, 0.25) is 0 Å². The van der Waals surface area contributed by atoms with Crippen LogP contribution >= 0.6 is 0 Å². The molecule has 1 aliphatic rings. The second-order valence-electron chi connectivity index (χ2n) is 7.05. The maximum atomic E-state index is 14.3. The number of pyridine rings is 1. The smallest absolute Gasteiger partial charge is 0.314 e. The molecule has 2 aromatic rings. The zero-order valence-corrected chi connectivity index (χ0v) is 15.8. The summed E-state index contributed by atoms with van der Waals surface area (Å²) in [7, 11) is 0. The first kappa shape index (κ1) is 19.8. The fourth-order valence-corrected chi connectivity index (χ4v) is 3.72. The highest BCUT2D eigenvalue weighted by Crippen LogP contribution is 2.36. The summed E-state index contributed by atoms with van der Waals surface area (Å²) in [4.78, 5) is 27.3. The molecular formula is C21H23FN2O4. The highest BCUT2D eigenvalue weighted by atomic mass is 19.1. The maximum Gasteiger partial charge on any atom is 0.314 e. The predicted molar refractivity (Wildman–Crippen MR) is 99.7 cm³/mol. The molecule has 7 heteroatoms. The molecule has 28 heavy (non-hydrogen) atoms. The van der Waals surface area contributed by atoms with Gasteiger partial charge in [0, 0.05) is 25.2 Å². The Bertz CT molecular complexity index is 856. The van der Waals surface area contributed by atoms with Crippen molar-refractivity contribution in [2.45, 2.75) is 26.2 Å². The SMILES string of the molecule is CCOC(=O)C1(Cc2ccccc2F)CCCN(C(=O)c2cc[n+]([O-])cc2)C1. The molecule has 3 rings (SSSR count). The summed E-state index contributed by atoms with van der Waals surface area (Å²) in [6, 6.07) is 9.25. The molecule has 1 saturated heterocycles. The standard InChI is InChI=1S/C21H23FN2O4/c1-2-28-20(26)21(14-17-6-3-4-7-18(17)22)10-5-11-23(15-21)19(25)16-8-12-24(27)13-9-16/h3-4,6-9,12-13H,2,5,10-11,14-15H2,1H3. The third kappa shape index (κ3) is 4.13. The minimum Gasteiger partial charge on any atom is -0.619 e. The number of esters is 1. The largest absolute Gasteiger partial charge is 0.619 e. The van der Waals surface area contributed by atoms with Crippen LogP contribution < -0.4 is 4.73 Å². The summed E-state index contributed by atoms with van der Waals surface area (Å²) in [6.45, 7) is 2.57. The first-order valence-electron chi connectivity index (χ1n) is 9.34. The van der Waals surface area contributed by atoms with Crippen molar-refractivity contribution in [2.75, 3.05) is 19.7 Å². The fraction of sp³-hybridized carbons (Fsp3) is 0.381. The molecule has 0 bridgehead atoms. The molecule has 0 radical (unpaired) electrons. The summed E-state index contributed by atoms with van der Waals surface area (Å²) in [5.41, 5.74) is -0.200. The molecule has 148 valence electrons. The van der Waals surface area contributed by atoms with E-state index in [4.69, 9.17) is 4.74 Å². The van der Waals surface area contributed by atoms with Gasteiger partial charge in [0.05, 0.1) is 17.6 Å². The van der Waals surface area contributed by atoms with Crippen LogP contribution in [0.3, 0.4) is 0 Å². The van der Waals surface area contributed by atoms with Crippen molar-refractivity contribution in [1.82, 2.24) is 4.90 Å². The van der Waals surface area contributed by atoms with Gasteiger partial charge in [-0.2, -0.15) is 4.73 Å². The zero-order chi connectivity index (χ0) is 20.1. The first-order chi connectivity index (χ1) is 13.4. The van der Waals surface area contributed by atoms with Crippen LogP contribution in [0.25, 0.3) is 0 Å². The van der Waals surface area contributed by atoms with E-state index < -0.39 is 11.4 Å². The fourth-order valence-electron chi connectivity index (χ4n) is 3.72. The third-order valence-corrected chi connectivity index (χ3v) is 5.11. The number of halogens is 1. The average molecular weight is 386 g/mol. The Kier molecular flexibility index (Phi) is 5.92. The van der Waals surface area contributed by atoms with E-state index in [2.05, 4.69) is 0 Å². The monoisotopic (exact) mass is 386 g/mol. The van der Waals surface area contributed by atoms with Crippen molar-refractivity contribution in [3.63, 3.8) is 0 Å². The maximum absolute atomic E-state index is 14.3. The lowest BCUT2D eigenvalue weighted by molar-refractivity contribution is -0.605. The Labute approximate surface area is 163 Å². The number of benzene rings is 1. The van der Waals surface area contributed by atoms with Gasteiger partial charge in [0.2, 0.25) is 0 Å². The third-order valence-electron chi connectivity index (χ3n) is 5.11. The topological polar surface area (TPSA) is 73.5 Å². The van der Waals surface area contributed by atoms with Gasteiger partial charge in [0.1, 0.15) is 5.82 Å². The molecule has 0 spiro atoms. The number of rotatable bonds is 5. The number of aromatic nitrogens is 1. The Balaban J connectivity index is 1.89. The lowest BCUT2D eigenvalue weighted by Gasteiger charge is -2.41. The van der Waals surface area contributed by atoms with Crippen LogP contribution in [0.15, 0.2) is 48.8 Å².